The third kappa shape index (κ3) is 2.76. The zero-order chi connectivity index (χ0) is 15.5. The Labute approximate surface area is 133 Å². The van der Waals surface area contributed by atoms with E-state index in [1.54, 1.807) is 6.33 Å². The molecule has 2 aromatic heterocycles. The standard InChI is InChI=1S/C18H15N5/c1-3-7-14(8-4-1)18-21-17(11-15-12-19-13-20-15)23(22-18)16-9-5-2-6-10-16/h1-10,12-13H,11H2,(H,19,20). The van der Waals surface area contributed by atoms with E-state index in [4.69, 9.17) is 10.1 Å². The molecule has 0 saturated carbocycles. The first-order valence-corrected chi connectivity index (χ1v) is 7.44. The van der Waals surface area contributed by atoms with Crippen LogP contribution in [0.5, 0.6) is 0 Å². The number of imidazole rings is 1. The third-order valence-electron chi connectivity index (χ3n) is 3.61. The molecule has 0 saturated heterocycles. The monoisotopic (exact) mass is 301 g/mol. The van der Waals surface area contributed by atoms with Gasteiger partial charge in [-0.15, -0.1) is 5.10 Å². The van der Waals surface area contributed by atoms with Gasteiger partial charge in [0.2, 0.25) is 0 Å². The average molecular weight is 301 g/mol. The Balaban J connectivity index is 1.80. The fourth-order valence-electron chi connectivity index (χ4n) is 2.50. The van der Waals surface area contributed by atoms with Crippen molar-refractivity contribution in [2.24, 2.45) is 0 Å². The van der Waals surface area contributed by atoms with E-state index in [9.17, 15) is 0 Å². The van der Waals surface area contributed by atoms with E-state index in [1.807, 2.05) is 71.5 Å². The molecule has 0 atom stereocenters. The molecule has 0 aliphatic rings. The lowest BCUT2D eigenvalue weighted by Gasteiger charge is -2.04. The van der Waals surface area contributed by atoms with Crippen molar-refractivity contribution in [3.63, 3.8) is 0 Å². The Kier molecular flexibility index (Phi) is 3.44. The average Bonchev–Trinajstić information content (AvgIpc) is 3.27. The van der Waals surface area contributed by atoms with Gasteiger partial charge in [0.25, 0.3) is 0 Å². The lowest BCUT2D eigenvalue weighted by Crippen LogP contribution is -2.03. The number of hydrogen-bond donors (Lipinski definition) is 1. The normalized spacial score (nSPS) is 10.8. The first-order valence-electron chi connectivity index (χ1n) is 7.44. The summed E-state index contributed by atoms with van der Waals surface area (Å²) in [4.78, 5) is 11.9. The van der Waals surface area contributed by atoms with Gasteiger partial charge in [0.05, 0.1) is 12.0 Å². The minimum atomic E-state index is 0.648. The molecule has 1 N–H and O–H groups in total. The largest absolute Gasteiger partial charge is 0.348 e. The van der Waals surface area contributed by atoms with E-state index in [2.05, 4.69) is 9.97 Å². The van der Waals surface area contributed by atoms with Gasteiger partial charge in [0, 0.05) is 23.9 Å². The molecule has 0 unspecified atom stereocenters. The van der Waals surface area contributed by atoms with Gasteiger partial charge in [0.1, 0.15) is 5.82 Å². The van der Waals surface area contributed by atoms with Crippen LogP contribution in [0.4, 0.5) is 0 Å². The molecule has 5 heteroatoms. The molecular formula is C18H15N5. The molecule has 112 valence electrons. The molecule has 4 aromatic rings. The summed E-state index contributed by atoms with van der Waals surface area (Å²) in [6.07, 6.45) is 4.14. The third-order valence-corrected chi connectivity index (χ3v) is 3.61. The van der Waals surface area contributed by atoms with E-state index in [-0.39, 0.29) is 0 Å². The van der Waals surface area contributed by atoms with Crippen LogP contribution < -0.4 is 0 Å². The molecule has 2 heterocycles. The number of aromatic nitrogens is 5. The minimum Gasteiger partial charge on any atom is -0.348 e. The fraction of sp³-hybridized carbons (Fsp3) is 0.0556. The van der Waals surface area contributed by atoms with Gasteiger partial charge in [-0.25, -0.2) is 14.6 Å². The highest BCUT2D eigenvalue weighted by Crippen LogP contribution is 2.19. The second-order valence-electron chi connectivity index (χ2n) is 5.22. The summed E-state index contributed by atoms with van der Waals surface area (Å²) in [5.41, 5.74) is 3.01. The van der Waals surface area contributed by atoms with Gasteiger partial charge >= 0.3 is 0 Å². The Morgan fingerprint density at radius 2 is 1.65 bits per heavy atom. The van der Waals surface area contributed by atoms with Crippen LogP contribution in [0.25, 0.3) is 17.1 Å². The number of benzene rings is 2. The van der Waals surface area contributed by atoms with Crippen LogP contribution in [0.2, 0.25) is 0 Å². The highest BCUT2D eigenvalue weighted by Gasteiger charge is 2.13. The summed E-state index contributed by atoms with van der Waals surface area (Å²) in [6.45, 7) is 0. The van der Waals surface area contributed by atoms with E-state index >= 15 is 0 Å². The lowest BCUT2D eigenvalue weighted by molar-refractivity contribution is 0.807. The van der Waals surface area contributed by atoms with Crippen molar-refractivity contribution in [2.75, 3.05) is 0 Å². The number of nitrogens with zero attached hydrogens (tertiary/aromatic N) is 4. The Morgan fingerprint density at radius 1 is 0.913 bits per heavy atom. The van der Waals surface area contributed by atoms with Crippen LogP contribution in [-0.4, -0.2) is 24.7 Å². The first kappa shape index (κ1) is 13.5. The zero-order valence-corrected chi connectivity index (χ0v) is 12.4. The molecule has 0 radical (unpaired) electrons. The Bertz CT molecular complexity index is 880. The van der Waals surface area contributed by atoms with Gasteiger partial charge in [-0.05, 0) is 12.1 Å². The van der Waals surface area contributed by atoms with Gasteiger partial charge in [-0.3, -0.25) is 0 Å². The first-order chi connectivity index (χ1) is 11.4. The summed E-state index contributed by atoms with van der Waals surface area (Å²) >= 11 is 0. The van der Waals surface area contributed by atoms with Crippen molar-refractivity contribution < 1.29 is 0 Å². The minimum absolute atomic E-state index is 0.648. The molecular weight excluding hydrogens is 286 g/mol. The fourth-order valence-corrected chi connectivity index (χ4v) is 2.50. The number of hydrogen-bond acceptors (Lipinski definition) is 3. The van der Waals surface area contributed by atoms with Crippen LogP contribution >= 0.6 is 0 Å². The molecule has 0 fully saturated rings. The van der Waals surface area contributed by atoms with Crippen LogP contribution in [0.1, 0.15) is 11.5 Å². The van der Waals surface area contributed by atoms with Crippen molar-refractivity contribution in [1.82, 2.24) is 24.7 Å². The number of para-hydroxylation sites is 1. The highest BCUT2D eigenvalue weighted by atomic mass is 15.4. The van der Waals surface area contributed by atoms with Gasteiger partial charge < -0.3 is 4.98 Å². The van der Waals surface area contributed by atoms with Crippen molar-refractivity contribution >= 4 is 0 Å². The van der Waals surface area contributed by atoms with Crippen molar-refractivity contribution in [3.8, 4) is 17.1 Å². The number of aromatic amines is 1. The number of nitrogens with one attached hydrogen (secondary N) is 1. The van der Waals surface area contributed by atoms with Crippen molar-refractivity contribution in [3.05, 3.63) is 84.7 Å². The zero-order valence-electron chi connectivity index (χ0n) is 12.4. The summed E-state index contributed by atoms with van der Waals surface area (Å²) in [5, 5.41) is 4.70. The van der Waals surface area contributed by atoms with Crippen molar-refractivity contribution in [2.45, 2.75) is 6.42 Å². The predicted molar refractivity (Wildman–Crippen MR) is 88.2 cm³/mol. The summed E-state index contributed by atoms with van der Waals surface area (Å²) in [7, 11) is 0. The maximum Gasteiger partial charge on any atom is 0.181 e. The predicted octanol–water partition coefficient (Wildman–Crippen LogP) is 3.25. The van der Waals surface area contributed by atoms with Crippen LogP contribution in [0, 0.1) is 0 Å². The number of H-pyrrole nitrogens is 1. The van der Waals surface area contributed by atoms with Crippen molar-refractivity contribution in [1.29, 1.82) is 0 Å². The molecule has 0 spiro atoms. The summed E-state index contributed by atoms with van der Waals surface area (Å²) < 4.78 is 1.89. The molecule has 2 aromatic carbocycles. The maximum absolute atomic E-state index is 4.74. The molecule has 0 aliphatic heterocycles. The van der Waals surface area contributed by atoms with E-state index < -0.39 is 0 Å². The highest BCUT2D eigenvalue weighted by molar-refractivity contribution is 5.54. The lowest BCUT2D eigenvalue weighted by atomic mass is 10.2. The molecule has 5 nitrogen and oxygen atoms in total. The van der Waals surface area contributed by atoms with Crippen LogP contribution in [0.15, 0.2) is 73.2 Å². The van der Waals surface area contributed by atoms with E-state index in [0.717, 1.165) is 28.6 Å². The smallest absolute Gasteiger partial charge is 0.181 e. The SMILES string of the molecule is c1ccc(-c2nc(Cc3cnc[nH]3)n(-c3ccccc3)n2)cc1. The molecule has 23 heavy (non-hydrogen) atoms. The summed E-state index contributed by atoms with van der Waals surface area (Å²) in [5.74, 6) is 1.60. The topological polar surface area (TPSA) is 59.4 Å². The van der Waals surface area contributed by atoms with E-state index in [1.165, 1.54) is 0 Å². The van der Waals surface area contributed by atoms with Gasteiger partial charge in [-0.2, -0.15) is 0 Å². The molecule has 4 rings (SSSR count). The van der Waals surface area contributed by atoms with Crippen LogP contribution in [0.3, 0.4) is 0 Å². The van der Waals surface area contributed by atoms with Gasteiger partial charge in [-0.1, -0.05) is 48.5 Å². The molecule has 0 aliphatic carbocycles. The molecule has 0 amide bonds. The van der Waals surface area contributed by atoms with E-state index in [0.29, 0.717) is 6.42 Å². The van der Waals surface area contributed by atoms with Gasteiger partial charge in [0.15, 0.2) is 5.82 Å². The summed E-state index contributed by atoms with van der Waals surface area (Å²) in [6, 6.07) is 20.1. The Hall–Kier alpha value is -3.21. The number of rotatable bonds is 4. The Morgan fingerprint density at radius 3 is 2.35 bits per heavy atom. The quantitative estimate of drug-likeness (QED) is 0.629. The second kappa shape index (κ2) is 5.88. The maximum atomic E-state index is 4.74. The molecule has 0 bridgehead atoms. The van der Waals surface area contributed by atoms with Crippen LogP contribution in [-0.2, 0) is 6.42 Å². The second-order valence-corrected chi connectivity index (χ2v) is 5.22.